The zero-order chi connectivity index (χ0) is 20.6. The second kappa shape index (κ2) is 9.88. The van der Waals surface area contributed by atoms with E-state index in [1.165, 1.54) is 6.07 Å². The predicted molar refractivity (Wildman–Crippen MR) is 115 cm³/mol. The molecule has 0 aliphatic heterocycles. The molecule has 152 valence electrons. The van der Waals surface area contributed by atoms with Gasteiger partial charge in [-0.2, -0.15) is 5.10 Å². The molecular formula is C21H23FN4O2S. The largest absolute Gasteiger partial charge is 0.493 e. The molecule has 2 aromatic carbocycles. The summed E-state index contributed by atoms with van der Waals surface area (Å²) in [5, 5.41) is 11.0. The SMILES string of the molecule is COc1ccc(CCNC(=S)Nc2cnn(Cc3ccccc3F)c2)cc1OC. The molecule has 6 nitrogen and oxygen atoms in total. The van der Waals surface area contributed by atoms with Crippen LogP contribution in [0.1, 0.15) is 11.1 Å². The highest BCUT2D eigenvalue weighted by Crippen LogP contribution is 2.27. The maximum Gasteiger partial charge on any atom is 0.170 e. The van der Waals surface area contributed by atoms with E-state index in [-0.39, 0.29) is 5.82 Å². The highest BCUT2D eigenvalue weighted by molar-refractivity contribution is 7.80. The maximum atomic E-state index is 13.8. The van der Waals surface area contributed by atoms with Gasteiger partial charge in [-0.25, -0.2) is 4.39 Å². The number of nitrogens with one attached hydrogen (secondary N) is 2. The lowest BCUT2D eigenvalue weighted by Gasteiger charge is -2.11. The highest BCUT2D eigenvalue weighted by atomic mass is 32.1. The summed E-state index contributed by atoms with van der Waals surface area (Å²) in [7, 11) is 3.23. The van der Waals surface area contributed by atoms with E-state index in [9.17, 15) is 4.39 Å². The van der Waals surface area contributed by atoms with Crippen molar-refractivity contribution in [2.75, 3.05) is 26.1 Å². The molecule has 0 radical (unpaired) electrons. The number of methoxy groups -OCH3 is 2. The van der Waals surface area contributed by atoms with Gasteiger partial charge in [-0.15, -0.1) is 0 Å². The zero-order valence-corrected chi connectivity index (χ0v) is 17.1. The van der Waals surface area contributed by atoms with Crippen LogP contribution in [0.5, 0.6) is 11.5 Å². The Morgan fingerprint density at radius 3 is 2.69 bits per heavy atom. The minimum atomic E-state index is -0.246. The first kappa shape index (κ1) is 20.6. The number of hydrogen-bond donors (Lipinski definition) is 2. The van der Waals surface area contributed by atoms with Gasteiger partial charge >= 0.3 is 0 Å². The minimum absolute atomic E-state index is 0.246. The minimum Gasteiger partial charge on any atom is -0.493 e. The van der Waals surface area contributed by atoms with E-state index in [0.717, 1.165) is 17.7 Å². The Labute approximate surface area is 174 Å². The molecular weight excluding hydrogens is 391 g/mol. The zero-order valence-electron chi connectivity index (χ0n) is 16.3. The summed E-state index contributed by atoms with van der Waals surface area (Å²) in [5.74, 6) is 1.16. The number of halogens is 1. The molecule has 1 aromatic heterocycles. The number of hydrogen-bond acceptors (Lipinski definition) is 4. The third-order valence-corrected chi connectivity index (χ3v) is 4.57. The fraction of sp³-hybridized carbons (Fsp3) is 0.238. The molecule has 0 amide bonds. The van der Waals surface area contributed by atoms with Crippen molar-refractivity contribution in [3.05, 3.63) is 71.8 Å². The van der Waals surface area contributed by atoms with Crippen LogP contribution in [0.2, 0.25) is 0 Å². The summed E-state index contributed by atoms with van der Waals surface area (Å²) >= 11 is 5.34. The summed E-state index contributed by atoms with van der Waals surface area (Å²) in [6.45, 7) is 1.01. The number of thiocarbonyl (C=S) groups is 1. The fourth-order valence-corrected chi connectivity index (χ4v) is 3.07. The number of nitrogens with zero attached hydrogens (tertiary/aromatic N) is 2. The predicted octanol–water partition coefficient (Wildman–Crippen LogP) is 3.62. The molecule has 0 unspecified atom stereocenters. The Balaban J connectivity index is 1.48. The Hall–Kier alpha value is -3.13. The van der Waals surface area contributed by atoms with E-state index < -0.39 is 0 Å². The summed E-state index contributed by atoms with van der Waals surface area (Å²) in [6, 6.07) is 12.5. The van der Waals surface area contributed by atoms with E-state index in [2.05, 4.69) is 15.7 Å². The topological polar surface area (TPSA) is 60.3 Å². The van der Waals surface area contributed by atoms with E-state index in [4.69, 9.17) is 21.7 Å². The van der Waals surface area contributed by atoms with Crippen LogP contribution in [-0.4, -0.2) is 35.7 Å². The number of aromatic nitrogens is 2. The Morgan fingerprint density at radius 2 is 1.93 bits per heavy atom. The second-order valence-corrected chi connectivity index (χ2v) is 6.75. The summed E-state index contributed by atoms with van der Waals surface area (Å²) in [6.07, 6.45) is 4.21. The lowest BCUT2D eigenvalue weighted by atomic mass is 10.1. The standard InChI is InChI=1S/C21H23FN4O2S/c1-27-19-8-7-15(11-20(19)28-2)9-10-23-21(29)25-17-12-24-26(14-17)13-16-5-3-4-6-18(16)22/h3-8,11-12,14H,9-10,13H2,1-2H3,(H2,23,25,29). The van der Waals surface area contributed by atoms with E-state index in [1.807, 2.05) is 18.2 Å². The quantitative estimate of drug-likeness (QED) is 0.549. The van der Waals surface area contributed by atoms with Gasteiger partial charge in [-0.05, 0) is 42.4 Å². The summed E-state index contributed by atoms with van der Waals surface area (Å²) < 4.78 is 26.0. The first-order valence-corrected chi connectivity index (χ1v) is 9.51. The molecule has 0 bridgehead atoms. The van der Waals surface area contributed by atoms with Gasteiger partial charge in [0.25, 0.3) is 0 Å². The van der Waals surface area contributed by atoms with Gasteiger partial charge in [0.05, 0.1) is 32.6 Å². The van der Waals surface area contributed by atoms with Crippen LogP contribution >= 0.6 is 12.2 Å². The van der Waals surface area contributed by atoms with E-state index >= 15 is 0 Å². The van der Waals surface area contributed by atoms with Crippen LogP contribution in [0, 0.1) is 5.82 Å². The summed E-state index contributed by atoms with van der Waals surface area (Å²) in [4.78, 5) is 0. The average Bonchev–Trinajstić information content (AvgIpc) is 3.16. The Morgan fingerprint density at radius 1 is 1.14 bits per heavy atom. The first-order valence-electron chi connectivity index (χ1n) is 9.10. The van der Waals surface area contributed by atoms with Gasteiger partial charge in [0.2, 0.25) is 0 Å². The van der Waals surface area contributed by atoms with Gasteiger partial charge in [0.1, 0.15) is 5.82 Å². The molecule has 3 rings (SSSR count). The summed E-state index contributed by atoms with van der Waals surface area (Å²) in [5.41, 5.74) is 2.43. The van der Waals surface area contributed by atoms with Crippen LogP contribution in [0.25, 0.3) is 0 Å². The molecule has 2 N–H and O–H groups in total. The van der Waals surface area contributed by atoms with Crippen LogP contribution in [0.4, 0.5) is 10.1 Å². The van der Waals surface area contributed by atoms with Crippen molar-refractivity contribution in [1.29, 1.82) is 0 Å². The lowest BCUT2D eigenvalue weighted by Crippen LogP contribution is -2.30. The van der Waals surface area contributed by atoms with Crippen molar-refractivity contribution in [2.45, 2.75) is 13.0 Å². The molecule has 0 fully saturated rings. The van der Waals surface area contributed by atoms with Crippen LogP contribution in [0.3, 0.4) is 0 Å². The number of rotatable bonds is 8. The molecule has 1 heterocycles. The van der Waals surface area contributed by atoms with Crippen molar-refractivity contribution in [2.24, 2.45) is 0 Å². The third-order valence-electron chi connectivity index (χ3n) is 4.33. The van der Waals surface area contributed by atoms with Gasteiger partial charge in [0.15, 0.2) is 16.6 Å². The Kier molecular flexibility index (Phi) is 7.02. The smallest absolute Gasteiger partial charge is 0.170 e. The second-order valence-electron chi connectivity index (χ2n) is 6.34. The van der Waals surface area contributed by atoms with Crippen molar-refractivity contribution in [3.63, 3.8) is 0 Å². The molecule has 0 aliphatic carbocycles. The number of ether oxygens (including phenoxy) is 2. The van der Waals surface area contributed by atoms with Crippen LogP contribution in [0.15, 0.2) is 54.9 Å². The Bertz CT molecular complexity index is 977. The van der Waals surface area contributed by atoms with Crippen molar-refractivity contribution < 1.29 is 13.9 Å². The van der Waals surface area contributed by atoms with E-state index in [1.54, 1.807) is 49.5 Å². The maximum absolute atomic E-state index is 13.8. The van der Waals surface area contributed by atoms with Gasteiger partial charge in [-0.1, -0.05) is 24.3 Å². The number of anilines is 1. The molecule has 8 heteroatoms. The molecule has 0 atom stereocenters. The first-order chi connectivity index (χ1) is 14.1. The highest BCUT2D eigenvalue weighted by Gasteiger charge is 2.06. The van der Waals surface area contributed by atoms with Gasteiger partial charge in [-0.3, -0.25) is 4.68 Å². The molecule has 0 saturated heterocycles. The van der Waals surface area contributed by atoms with E-state index in [0.29, 0.717) is 35.3 Å². The monoisotopic (exact) mass is 414 g/mol. The van der Waals surface area contributed by atoms with Gasteiger partial charge in [0, 0.05) is 18.3 Å². The fourth-order valence-electron chi connectivity index (χ4n) is 2.85. The van der Waals surface area contributed by atoms with Crippen LogP contribution in [-0.2, 0) is 13.0 Å². The van der Waals surface area contributed by atoms with Crippen molar-refractivity contribution >= 4 is 23.0 Å². The molecule has 0 saturated carbocycles. The van der Waals surface area contributed by atoms with Gasteiger partial charge < -0.3 is 20.1 Å². The molecule has 29 heavy (non-hydrogen) atoms. The average molecular weight is 415 g/mol. The number of benzene rings is 2. The molecule has 0 aliphatic rings. The van der Waals surface area contributed by atoms with Crippen LogP contribution < -0.4 is 20.1 Å². The normalized spacial score (nSPS) is 10.4. The third kappa shape index (κ3) is 5.68. The molecule has 3 aromatic rings. The van der Waals surface area contributed by atoms with Crippen molar-refractivity contribution in [1.82, 2.24) is 15.1 Å². The lowest BCUT2D eigenvalue weighted by molar-refractivity contribution is 0.354. The molecule has 0 spiro atoms. The van der Waals surface area contributed by atoms with Crippen molar-refractivity contribution in [3.8, 4) is 11.5 Å².